The Kier molecular flexibility index (Phi) is 1.95. The topological polar surface area (TPSA) is 31.4 Å². The fraction of sp³-hybridized carbons (Fsp3) is 0.444. The molecule has 2 rings (SSSR count). The molecule has 0 saturated heterocycles. The van der Waals surface area contributed by atoms with Crippen LogP contribution in [0.3, 0.4) is 0 Å². The average molecular weight is 244 g/mol. The van der Waals surface area contributed by atoms with Crippen LogP contribution in [0.1, 0.15) is 13.8 Å². The number of hydrogen-bond acceptors (Lipinski definition) is 3. The molecule has 0 fully saturated rings. The third kappa shape index (κ3) is 1.77. The third-order valence-corrected chi connectivity index (χ3v) is 2.18. The predicted octanol–water partition coefficient (Wildman–Crippen LogP) is 2.39. The minimum Gasteiger partial charge on any atom is -0.484 e. The minimum atomic E-state index is -0.291. The van der Waals surface area contributed by atoms with Gasteiger partial charge in [0, 0.05) is 0 Å². The van der Waals surface area contributed by atoms with Gasteiger partial charge in [-0.1, -0.05) is 0 Å². The molecular weight excluding hydrogens is 234 g/mol. The molecule has 70 valence electrons. The van der Waals surface area contributed by atoms with Gasteiger partial charge >= 0.3 is 0 Å². The summed E-state index contributed by atoms with van der Waals surface area (Å²) < 4.78 is 11.9. The lowest BCUT2D eigenvalue weighted by Gasteiger charge is -2.31. The molecule has 2 heterocycles. The van der Waals surface area contributed by atoms with Gasteiger partial charge in [-0.15, -0.1) is 0 Å². The van der Waals surface area contributed by atoms with Gasteiger partial charge < -0.3 is 9.47 Å². The van der Waals surface area contributed by atoms with Gasteiger partial charge in [0.05, 0.1) is 0 Å². The number of hydrogen-bond donors (Lipinski definition) is 0. The van der Waals surface area contributed by atoms with Crippen molar-refractivity contribution in [1.29, 1.82) is 0 Å². The normalized spacial score (nSPS) is 18.4. The van der Waals surface area contributed by atoms with E-state index in [0.717, 1.165) is 4.60 Å². The molecule has 1 aliphatic heterocycles. The van der Waals surface area contributed by atoms with Crippen LogP contribution < -0.4 is 9.47 Å². The quantitative estimate of drug-likeness (QED) is 0.656. The number of pyridine rings is 1. The smallest absolute Gasteiger partial charge is 0.258 e. The van der Waals surface area contributed by atoms with Crippen molar-refractivity contribution < 1.29 is 9.47 Å². The van der Waals surface area contributed by atoms with Crippen LogP contribution in [0.2, 0.25) is 0 Å². The van der Waals surface area contributed by atoms with Crippen molar-refractivity contribution in [3.63, 3.8) is 0 Å². The summed E-state index contributed by atoms with van der Waals surface area (Å²) in [5.74, 6) is 1.27. The van der Waals surface area contributed by atoms with Gasteiger partial charge in [-0.3, -0.25) is 0 Å². The highest BCUT2D eigenvalue weighted by molar-refractivity contribution is 9.10. The van der Waals surface area contributed by atoms with E-state index >= 15 is 0 Å². The summed E-state index contributed by atoms with van der Waals surface area (Å²) in [6, 6.07) is 3.68. The van der Waals surface area contributed by atoms with E-state index in [9.17, 15) is 0 Å². The van der Waals surface area contributed by atoms with E-state index < -0.39 is 0 Å². The van der Waals surface area contributed by atoms with Crippen LogP contribution in [-0.2, 0) is 0 Å². The zero-order valence-corrected chi connectivity index (χ0v) is 9.09. The van der Waals surface area contributed by atoms with Crippen LogP contribution in [0.25, 0.3) is 0 Å². The largest absolute Gasteiger partial charge is 0.484 e. The highest BCUT2D eigenvalue weighted by Crippen LogP contribution is 2.33. The second kappa shape index (κ2) is 2.87. The summed E-state index contributed by atoms with van der Waals surface area (Å²) in [5.41, 5.74) is -0.291. The molecule has 1 aromatic rings. The first kappa shape index (κ1) is 8.81. The number of aromatic nitrogens is 1. The van der Waals surface area contributed by atoms with Gasteiger partial charge in [0.1, 0.15) is 16.8 Å². The molecule has 4 heteroatoms. The first-order valence-corrected chi connectivity index (χ1v) is 4.84. The molecule has 0 bridgehead atoms. The zero-order valence-electron chi connectivity index (χ0n) is 7.50. The number of nitrogens with zero attached hydrogens (tertiary/aromatic N) is 1. The molecule has 13 heavy (non-hydrogen) atoms. The van der Waals surface area contributed by atoms with E-state index in [2.05, 4.69) is 20.9 Å². The highest BCUT2D eigenvalue weighted by Gasteiger charge is 2.28. The van der Waals surface area contributed by atoms with E-state index in [4.69, 9.17) is 9.47 Å². The van der Waals surface area contributed by atoms with Gasteiger partial charge in [0.25, 0.3) is 5.88 Å². The van der Waals surface area contributed by atoms with Gasteiger partial charge in [-0.05, 0) is 41.9 Å². The van der Waals surface area contributed by atoms with Crippen molar-refractivity contribution in [3.8, 4) is 11.6 Å². The summed E-state index contributed by atoms with van der Waals surface area (Å²) in [5, 5.41) is 0. The second-order valence-corrected chi connectivity index (χ2v) is 4.40. The molecule has 1 aliphatic rings. The van der Waals surface area contributed by atoms with Crippen LogP contribution in [0, 0.1) is 0 Å². The molecular formula is C9H10BrNO2. The molecule has 0 aromatic carbocycles. The van der Waals surface area contributed by atoms with E-state index in [0.29, 0.717) is 18.2 Å². The molecule has 0 N–H and O–H groups in total. The van der Waals surface area contributed by atoms with Crippen LogP contribution in [-0.4, -0.2) is 17.2 Å². The Morgan fingerprint density at radius 1 is 1.46 bits per heavy atom. The number of ether oxygens (including phenoxy) is 2. The van der Waals surface area contributed by atoms with Gasteiger partial charge in [-0.2, -0.15) is 0 Å². The summed E-state index contributed by atoms with van der Waals surface area (Å²) in [6.45, 7) is 4.50. The molecule has 1 aromatic heterocycles. The van der Waals surface area contributed by atoms with E-state index in [1.807, 2.05) is 26.0 Å². The Labute approximate surface area is 85.2 Å². The van der Waals surface area contributed by atoms with Crippen LogP contribution >= 0.6 is 15.9 Å². The highest BCUT2D eigenvalue weighted by atomic mass is 79.9. The molecule has 3 nitrogen and oxygen atoms in total. The number of rotatable bonds is 0. The Hall–Kier alpha value is -0.770. The zero-order chi connectivity index (χ0) is 9.47. The molecule has 0 radical (unpaired) electrons. The summed E-state index contributed by atoms with van der Waals surface area (Å²) in [4.78, 5) is 4.18. The van der Waals surface area contributed by atoms with E-state index in [-0.39, 0.29) is 5.60 Å². The molecule has 0 amide bonds. The molecule has 0 atom stereocenters. The van der Waals surface area contributed by atoms with Crippen LogP contribution in [0.4, 0.5) is 0 Å². The SMILES string of the molecule is CC1(C)COc2ccc(Br)nc2O1. The lowest BCUT2D eigenvalue weighted by atomic mass is 10.1. The van der Waals surface area contributed by atoms with E-state index in [1.165, 1.54) is 0 Å². The van der Waals surface area contributed by atoms with Crippen molar-refractivity contribution in [3.05, 3.63) is 16.7 Å². The van der Waals surface area contributed by atoms with Crippen molar-refractivity contribution in [2.75, 3.05) is 6.61 Å². The molecule has 0 saturated carbocycles. The van der Waals surface area contributed by atoms with Crippen molar-refractivity contribution in [2.24, 2.45) is 0 Å². The van der Waals surface area contributed by atoms with E-state index in [1.54, 1.807) is 0 Å². The Morgan fingerprint density at radius 2 is 2.23 bits per heavy atom. The monoisotopic (exact) mass is 243 g/mol. The Bertz CT molecular complexity index is 338. The summed E-state index contributed by atoms with van der Waals surface area (Å²) in [6.07, 6.45) is 0. The first-order chi connectivity index (χ1) is 6.07. The van der Waals surface area contributed by atoms with Crippen LogP contribution in [0.15, 0.2) is 16.7 Å². The maximum atomic E-state index is 5.63. The lowest BCUT2D eigenvalue weighted by Crippen LogP contribution is -2.39. The average Bonchev–Trinajstić information content (AvgIpc) is 2.01. The van der Waals surface area contributed by atoms with Gasteiger partial charge in [-0.25, -0.2) is 4.98 Å². The third-order valence-electron chi connectivity index (χ3n) is 1.74. The fourth-order valence-corrected chi connectivity index (χ4v) is 1.42. The van der Waals surface area contributed by atoms with Gasteiger partial charge in [0.2, 0.25) is 0 Å². The minimum absolute atomic E-state index is 0.291. The molecule has 0 aliphatic carbocycles. The summed E-state index contributed by atoms with van der Waals surface area (Å²) >= 11 is 3.28. The molecule has 0 unspecified atom stereocenters. The Morgan fingerprint density at radius 3 is 3.00 bits per heavy atom. The number of fused-ring (bicyclic) bond motifs is 1. The maximum absolute atomic E-state index is 5.63. The predicted molar refractivity (Wildman–Crippen MR) is 52.1 cm³/mol. The van der Waals surface area contributed by atoms with Crippen molar-refractivity contribution >= 4 is 15.9 Å². The maximum Gasteiger partial charge on any atom is 0.258 e. The summed E-state index contributed by atoms with van der Waals surface area (Å²) in [7, 11) is 0. The second-order valence-electron chi connectivity index (χ2n) is 3.59. The van der Waals surface area contributed by atoms with Crippen molar-refractivity contribution in [2.45, 2.75) is 19.4 Å². The lowest BCUT2D eigenvalue weighted by molar-refractivity contribution is 0.0160. The first-order valence-electron chi connectivity index (χ1n) is 4.05. The number of halogens is 1. The Balaban J connectivity index is 2.38. The van der Waals surface area contributed by atoms with Crippen molar-refractivity contribution in [1.82, 2.24) is 4.98 Å². The van der Waals surface area contributed by atoms with Gasteiger partial charge in [0.15, 0.2) is 5.75 Å². The molecule has 0 spiro atoms. The fourth-order valence-electron chi connectivity index (χ4n) is 1.13. The van der Waals surface area contributed by atoms with Crippen LogP contribution in [0.5, 0.6) is 11.6 Å². The standard InChI is InChI=1S/C9H10BrNO2/c1-9(2)5-12-6-3-4-7(10)11-8(6)13-9/h3-4H,5H2,1-2H3.